The number of hydrogen-bond acceptors (Lipinski definition) is 7. The van der Waals surface area contributed by atoms with E-state index in [1.807, 2.05) is 29.2 Å². The number of carbonyl (C=O) groups excluding carboxylic acids is 1. The Kier molecular flexibility index (Phi) is 7.14. The van der Waals surface area contributed by atoms with Gasteiger partial charge in [-0.05, 0) is 48.5 Å². The Morgan fingerprint density at radius 3 is 2.49 bits per heavy atom. The van der Waals surface area contributed by atoms with Crippen LogP contribution in [-0.4, -0.2) is 62.2 Å². The van der Waals surface area contributed by atoms with E-state index in [0.29, 0.717) is 59.2 Å². The van der Waals surface area contributed by atoms with E-state index in [0.717, 1.165) is 10.5 Å². The first-order valence-corrected chi connectivity index (χ1v) is 13.2. The fourth-order valence-electron chi connectivity index (χ4n) is 3.80. The van der Waals surface area contributed by atoms with E-state index in [1.165, 1.54) is 45.8 Å². The van der Waals surface area contributed by atoms with Crippen molar-refractivity contribution in [2.24, 2.45) is 0 Å². The number of rotatable bonds is 6. The van der Waals surface area contributed by atoms with Crippen LogP contribution in [0.4, 0.5) is 4.39 Å². The summed E-state index contributed by atoms with van der Waals surface area (Å²) in [6, 6.07) is 15.0. The highest BCUT2D eigenvalue weighted by atomic mass is 35.5. The van der Waals surface area contributed by atoms with Crippen LogP contribution >= 0.6 is 34.7 Å². The Bertz CT molecular complexity index is 1400. The average Bonchev–Trinajstić information content (AvgIpc) is 3.29. The average molecular weight is 530 g/mol. The lowest BCUT2D eigenvalue weighted by Crippen LogP contribution is -2.49. The van der Waals surface area contributed by atoms with Crippen molar-refractivity contribution < 1.29 is 9.18 Å². The second-order valence-corrected chi connectivity index (χ2v) is 10.5. The molecule has 7 nitrogen and oxygen atoms in total. The fraction of sp³-hybridized carbons (Fsp3) is 0.250. The summed E-state index contributed by atoms with van der Waals surface area (Å²) in [5, 5.41) is 5.63. The van der Waals surface area contributed by atoms with Crippen LogP contribution < -0.4 is 5.56 Å². The Hall–Kier alpha value is -2.79. The summed E-state index contributed by atoms with van der Waals surface area (Å²) in [7, 11) is 0. The van der Waals surface area contributed by atoms with Crippen molar-refractivity contribution in [3.05, 3.63) is 81.5 Å². The van der Waals surface area contributed by atoms with E-state index >= 15 is 0 Å². The molecule has 4 aromatic rings. The number of benzene rings is 2. The van der Waals surface area contributed by atoms with Crippen molar-refractivity contribution in [3.63, 3.8) is 0 Å². The van der Waals surface area contributed by atoms with E-state index in [2.05, 4.69) is 15.0 Å². The summed E-state index contributed by atoms with van der Waals surface area (Å²) in [5.74, 6) is 0.174. The van der Waals surface area contributed by atoms with E-state index in [4.69, 9.17) is 11.6 Å². The number of nitrogens with zero attached hydrogens (tertiary/aromatic N) is 5. The minimum atomic E-state index is -0.324. The molecule has 0 N–H and O–H groups in total. The molecule has 180 valence electrons. The van der Waals surface area contributed by atoms with Crippen LogP contribution in [0.5, 0.6) is 0 Å². The van der Waals surface area contributed by atoms with Crippen molar-refractivity contribution in [1.29, 1.82) is 0 Å². The molecule has 3 heterocycles. The van der Waals surface area contributed by atoms with E-state index in [1.54, 1.807) is 12.1 Å². The molecule has 11 heteroatoms. The topological polar surface area (TPSA) is 70.8 Å². The number of fused-ring (bicyclic) bond motifs is 1. The molecule has 1 aliphatic heterocycles. The molecular weight excluding hydrogens is 509 g/mol. The molecule has 35 heavy (non-hydrogen) atoms. The van der Waals surface area contributed by atoms with Crippen molar-refractivity contribution >= 4 is 45.6 Å². The Morgan fingerprint density at radius 2 is 1.77 bits per heavy atom. The molecular formula is C24H21ClFN5O2S2. The number of amides is 1. The van der Waals surface area contributed by atoms with Gasteiger partial charge in [-0.3, -0.25) is 14.5 Å². The zero-order valence-electron chi connectivity index (χ0n) is 18.6. The quantitative estimate of drug-likeness (QED) is 0.351. The first-order valence-electron chi connectivity index (χ1n) is 11.0. The number of carbonyl (C=O) groups is 1. The van der Waals surface area contributed by atoms with Gasteiger partial charge in [0.1, 0.15) is 10.8 Å². The van der Waals surface area contributed by atoms with E-state index in [9.17, 15) is 14.0 Å². The van der Waals surface area contributed by atoms with Crippen molar-refractivity contribution in [2.45, 2.75) is 11.4 Å². The molecule has 2 aromatic heterocycles. The number of halogens is 2. The van der Waals surface area contributed by atoms with Crippen LogP contribution in [0, 0.1) is 5.82 Å². The molecule has 0 spiro atoms. The fourth-order valence-corrected chi connectivity index (χ4v) is 5.65. The summed E-state index contributed by atoms with van der Waals surface area (Å²) in [6.45, 7) is 3.22. The third-order valence-electron chi connectivity index (χ3n) is 5.68. The molecule has 0 bridgehead atoms. The van der Waals surface area contributed by atoms with Crippen LogP contribution in [0.15, 0.2) is 64.3 Å². The summed E-state index contributed by atoms with van der Waals surface area (Å²) in [6.07, 6.45) is 0. The zero-order chi connectivity index (χ0) is 24.4. The summed E-state index contributed by atoms with van der Waals surface area (Å²) in [4.78, 5) is 35.4. The first kappa shape index (κ1) is 23.9. The first-order chi connectivity index (χ1) is 16.9. The SMILES string of the molecule is O=C(CSc1ccc(Cl)cc1)N1CCN(Cc2cc(=O)n3nc(-c4ccc(F)cc4)sc3n2)CC1. The summed E-state index contributed by atoms with van der Waals surface area (Å²) >= 11 is 8.71. The normalized spacial score (nSPS) is 14.5. The van der Waals surface area contributed by atoms with Crippen LogP contribution in [0.1, 0.15) is 5.69 Å². The molecule has 0 saturated carbocycles. The van der Waals surface area contributed by atoms with Gasteiger partial charge in [-0.15, -0.1) is 11.8 Å². The second kappa shape index (κ2) is 10.4. The van der Waals surface area contributed by atoms with Gasteiger partial charge in [0.15, 0.2) is 0 Å². The molecule has 1 saturated heterocycles. The van der Waals surface area contributed by atoms with Gasteiger partial charge in [-0.1, -0.05) is 22.9 Å². The molecule has 0 unspecified atom stereocenters. The maximum atomic E-state index is 13.2. The van der Waals surface area contributed by atoms with E-state index in [-0.39, 0.29) is 17.3 Å². The molecule has 0 radical (unpaired) electrons. The van der Waals surface area contributed by atoms with Crippen molar-refractivity contribution in [3.8, 4) is 10.6 Å². The lowest BCUT2D eigenvalue weighted by molar-refractivity contribution is -0.130. The van der Waals surface area contributed by atoms with Crippen LogP contribution in [0.25, 0.3) is 15.5 Å². The molecule has 2 aromatic carbocycles. The molecule has 1 amide bonds. The lowest BCUT2D eigenvalue weighted by Gasteiger charge is -2.34. The second-order valence-electron chi connectivity index (χ2n) is 8.09. The van der Waals surface area contributed by atoms with Gasteiger partial charge < -0.3 is 4.90 Å². The lowest BCUT2D eigenvalue weighted by atomic mass is 10.2. The Balaban J connectivity index is 1.18. The number of hydrogen-bond donors (Lipinski definition) is 0. The smallest absolute Gasteiger partial charge is 0.275 e. The Labute approximate surface area is 214 Å². The highest BCUT2D eigenvalue weighted by Crippen LogP contribution is 2.25. The largest absolute Gasteiger partial charge is 0.339 e. The van der Waals surface area contributed by atoms with Gasteiger partial charge in [0, 0.05) is 54.3 Å². The maximum absolute atomic E-state index is 13.2. The third-order valence-corrected chi connectivity index (χ3v) is 7.88. The van der Waals surface area contributed by atoms with Gasteiger partial charge in [0.05, 0.1) is 11.4 Å². The van der Waals surface area contributed by atoms with Gasteiger partial charge in [-0.2, -0.15) is 9.61 Å². The zero-order valence-corrected chi connectivity index (χ0v) is 21.0. The molecule has 5 rings (SSSR count). The van der Waals surface area contributed by atoms with Crippen LogP contribution in [0.2, 0.25) is 5.02 Å². The van der Waals surface area contributed by atoms with Gasteiger partial charge in [0.2, 0.25) is 10.9 Å². The summed E-state index contributed by atoms with van der Waals surface area (Å²) in [5.41, 5.74) is 1.16. The minimum absolute atomic E-state index is 0.111. The van der Waals surface area contributed by atoms with Gasteiger partial charge >= 0.3 is 0 Å². The van der Waals surface area contributed by atoms with Gasteiger partial charge in [-0.25, -0.2) is 9.37 Å². The number of thioether (sulfide) groups is 1. The molecule has 1 fully saturated rings. The number of aromatic nitrogens is 3. The monoisotopic (exact) mass is 529 g/mol. The molecule has 0 aliphatic carbocycles. The van der Waals surface area contributed by atoms with Gasteiger partial charge in [0.25, 0.3) is 5.56 Å². The standard InChI is InChI=1S/C24H21ClFN5O2S2/c25-17-3-7-20(8-4-17)34-15-22(33)30-11-9-29(10-12-30)14-19-13-21(32)31-24(27-19)35-23(28-31)16-1-5-18(26)6-2-16/h1-8,13H,9-12,14-15H2. The molecule has 0 atom stereocenters. The highest BCUT2D eigenvalue weighted by Gasteiger charge is 2.22. The van der Waals surface area contributed by atoms with E-state index < -0.39 is 0 Å². The van der Waals surface area contributed by atoms with Crippen LogP contribution in [0.3, 0.4) is 0 Å². The number of piperazine rings is 1. The van der Waals surface area contributed by atoms with Crippen molar-refractivity contribution in [2.75, 3.05) is 31.9 Å². The summed E-state index contributed by atoms with van der Waals surface area (Å²) < 4.78 is 14.5. The van der Waals surface area contributed by atoms with Crippen LogP contribution in [-0.2, 0) is 11.3 Å². The molecule has 1 aliphatic rings. The maximum Gasteiger partial charge on any atom is 0.275 e. The van der Waals surface area contributed by atoms with Crippen molar-refractivity contribution in [1.82, 2.24) is 24.4 Å². The Morgan fingerprint density at radius 1 is 1.06 bits per heavy atom. The predicted molar refractivity (Wildman–Crippen MR) is 137 cm³/mol. The highest BCUT2D eigenvalue weighted by molar-refractivity contribution is 8.00. The predicted octanol–water partition coefficient (Wildman–Crippen LogP) is 4.05. The third kappa shape index (κ3) is 5.72. The minimum Gasteiger partial charge on any atom is -0.339 e.